The molecule has 1 saturated heterocycles. The topological polar surface area (TPSA) is 141 Å². The van der Waals surface area contributed by atoms with E-state index in [2.05, 4.69) is 20.4 Å². The van der Waals surface area contributed by atoms with Gasteiger partial charge < -0.3 is 20.7 Å². The molecule has 3 atom stereocenters. The van der Waals surface area contributed by atoms with Gasteiger partial charge >= 0.3 is 0 Å². The van der Waals surface area contributed by atoms with Gasteiger partial charge in [0, 0.05) is 6.42 Å². The molecule has 3 heterocycles. The molecule has 0 bridgehead atoms. The van der Waals surface area contributed by atoms with E-state index in [9.17, 15) is 5.11 Å². The first kappa shape index (κ1) is 13.9. The molecule has 0 radical (unpaired) electrons. The van der Waals surface area contributed by atoms with Gasteiger partial charge in [-0.2, -0.15) is 9.97 Å². The van der Waals surface area contributed by atoms with Crippen molar-refractivity contribution in [3.8, 4) is 0 Å². The number of anilines is 2. The molecule has 0 unspecified atom stereocenters. The Labute approximate surface area is 119 Å². The first-order chi connectivity index (χ1) is 10.1. The Bertz CT molecular complexity index is 647. The third-order valence-corrected chi connectivity index (χ3v) is 3.33. The standard InChI is InChI=1S/C11H16N6O4/c1-20-16-9-8-10(15-11(12)14-9)17(4-13-8)7-2-5(19)6(3-18)21-7/h4-7,18-19H,2-3H2,1H3,(H3,12,14,15,16)/t5-,6+,7+/m0/s1/i11+1,12+1,13+1,14+1. The largest absolute Gasteiger partial charge is 0.394 e. The Balaban J connectivity index is 2.01. The van der Waals surface area contributed by atoms with Crippen LogP contribution in [0.4, 0.5) is 11.8 Å². The summed E-state index contributed by atoms with van der Waals surface area (Å²) in [5, 5.41) is 19.0. The number of ether oxygens (including phenoxy) is 1. The normalized spacial score (nSPS) is 25.6. The quantitative estimate of drug-likeness (QED) is 0.414. The second kappa shape index (κ2) is 5.41. The van der Waals surface area contributed by atoms with Crippen LogP contribution < -0.4 is 11.2 Å². The zero-order valence-electron chi connectivity index (χ0n) is 11.3. The van der Waals surface area contributed by atoms with Crippen LogP contribution in [0.15, 0.2) is 6.33 Å². The summed E-state index contributed by atoms with van der Waals surface area (Å²) in [5.74, 6) is 0.400. The highest BCUT2D eigenvalue weighted by Crippen LogP contribution is 2.31. The lowest BCUT2D eigenvalue weighted by Crippen LogP contribution is -2.24. The van der Waals surface area contributed by atoms with Crippen LogP contribution >= 0.6 is 0 Å². The molecule has 0 saturated carbocycles. The number of aliphatic hydroxyl groups is 2. The van der Waals surface area contributed by atoms with Crippen LogP contribution in [-0.4, -0.2) is 55.7 Å². The van der Waals surface area contributed by atoms with Gasteiger partial charge in [0.2, 0.25) is 5.95 Å². The molecule has 5 N–H and O–H groups in total. The van der Waals surface area contributed by atoms with E-state index >= 15 is 0 Å². The number of nitrogen functional groups attached to an aromatic ring is 1. The molecule has 114 valence electrons. The van der Waals surface area contributed by atoms with Crippen LogP contribution in [-0.2, 0) is 9.57 Å². The molecule has 2 aromatic heterocycles. The first-order valence-electron chi connectivity index (χ1n) is 6.37. The number of nitrogens with one attached hydrogen (secondary N) is 1. The number of nitrogens with two attached hydrogens (primary N) is 1. The summed E-state index contributed by atoms with van der Waals surface area (Å²) >= 11 is 0. The van der Waals surface area contributed by atoms with Crippen molar-refractivity contribution in [2.45, 2.75) is 24.9 Å². The summed E-state index contributed by atoms with van der Waals surface area (Å²) in [6.07, 6.45) is 0.00738. The van der Waals surface area contributed by atoms with E-state index in [4.69, 9.17) is 20.4 Å². The van der Waals surface area contributed by atoms with Gasteiger partial charge in [-0.3, -0.25) is 9.40 Å². The zero-order chi connectivity index (χ0) is 15.0. The van der Waals surface area contributed by atoms with Gasteiger partial charge in [0.1, 0.15) is 12.3 Å². The lowest BCUT2D eigenvalue weighted by molar-refractivity contribution is -0.0432. The highest BCUT2D eigenvalue weighted by Gasteiger charge is 2.35. The number of hydrogen-bond donors (Lipinski definition) is 4. The van der Waals surface area contributed by atoms with Gasteiger partial charge in [-0.1, -0.05) is 0 Å². The van der Waals surface area contributed by atoms with E-state index in [0.717, 1.165) is 0 Å². The Morgan fingerprint density at radius 2 is 2.38 bits per heavy atom. The van der Waals surface area contributed by atoms with Crippen LogP contribution in [0.25, 0.3) is 11.2 Å². The van der Waals surface area contributed by atoms with Crippen molar-refractivity contribution >= 4 is 22.9 Å². The average Bonchev–Trinajstić information content (AvgIpc) is 3.02. The second-order valence-corrected chi connectivity index (χ2v) is 4.68. The SMILES string of the molecule is CONc1[15n][13c]([15NH2])nc2c1[15n]cn2[C@H]1C[C@H](O)[C@@H](CO)O1. The molecule has 1 aliphatic rings. The van der Waals surface area contributed by atoms with E-state index in [-0.39, 0.29) is 12.6 Å². The second-order valence-electron chi connectivity index (χ2n) is 4.68. The molecule has 0 amide bonds. The fourth-order valence-corrected chi connectivity index (χ4v) is 2.36. The highest BCUT2D eigenvalue weighted by molar-refractivity contribution is 5.83. The predicted octanol–water partition coefficient (Wildman–Crippen LogP) is -0.978. The number of imidazole rings is 1. The van der Waals surface area contributed by atoms with Gasteiger partial charge in [-0.15, -0.1) is 0 Å². The molecule has 0 aliphatic carbocycles. The summed E-state index contributed by atoms with van der Waals surface area (Å²) in [4.78, 5) is 17.2. The number of fused-ring (bicyclic) bond motifs is 1. The number of rotatable bonds is 4. The predicted molar refractivity (Wildman–Crippen MR) is 72.0 cm³/mol. The molecule has 21 heavy (non-hydrogen) atoms. The minimum Gasteiger partial charge on any atom is -0.394 e. The van der Waals surface area contributed by atoms with Crippen molar-refractivity contribution in [3.63, 3.8) is 0 Å². The van der Waals surface area contributed by atoms with Gasteiger partial charge in [0.15, 0.2) is 17.0 Å². The maximum absolute atomic E-state index is 9.82. The number of aromatic nitrogens is 4. The molecule has 3 rings (SSSR count). The van der Waals surface area contributed by atoms with E-state index in [1.165, 1.54) is 13.4 Å². The molecule has 1 fully saturated rings. The number of hydrogen-bond acceptors (Lipinski definition) is 9. The van der Waals surface area contributed by atoms with Crippen molar-refractivity contribution in [2.75, 3.05) is 24.9 Å². The van der Waals surface area contributed by atoms with Crippen LogP contribution in [0, 0.1) is 0 Å². The Kier molecular flexibility index (Phi) is 3.59. The zero-order valence-corrected chi connectivity index (χ0v) is 11.3. The van der Waals surface area contributed by atoms with Crippen molar-refractivity contribution in [1.29, 1.82) is 0 Å². The summed E-state index contributed by atoms with van der Waals surface area (Å²) < 4.78 is 7.23. The smallest absolute Gasteiger partial charge is 0.224 e. The van der Waals surface area contributed by atoms with Gasteiger partial charge in [0.05, 0.1) is 26.1 Å². The summed E-state index contributed by atoms with van der Waals surface area (Å²) in [6.45, 7) is -0.252. The monoisotopic (exact) mass is 300 g/mol. The van der Waals surface area contributed by atoms with Crippen LogP contribution in [0.5, 0.6) is 0 Å². The fraction of sp³-hybridized carbons (Fsp3) is 0.545. The average molecular weight is 300 g/mol. The van der Waals surface area contributed by atoms with E-state index in [0.29, 0.717) is 23.4 Å². The minimum atomic E-state index is -0.742. The lowest BCUT2D eigenvalue weighted by Gasteiger charge is -2.13. The molecule has 0 spiro atoms. The molecule has 10 nitrogen and oxygen atoms in total. The summed E-state index contributed by atoms with van der Waals surface area (Å²) in [5.41, 5.74) is 9.19. The van der Waals surface area contributed by atoms with E-state index in [1.54, 1.807) is 4.57 Å². The molecule has 10 heteroatoms. The summed E-state index contributed by atoms with van der Waals surface area (Å²) in [7, 11) is 1.45. The highest BCUT2D eigenvalue weighted by atomic mass is 16.6. The number of aliphatic hydroxyl groups excluding tert-OH is 2. The Morgan fingerprint density at radius 3 is 3.05 bits per heavy atom. The Morgan fingerprint density at radius 1 is 1.57 bits per heavy atom. The third kappa shape index (κ3) is 2.38. The fourth-order valence-electron chi connectivity index (χ4n) is 2.36. The van der Waals surface area contributed by atoms with Crippen molar-refractivity contribution in [3.05, 3.63) is 6.33 Å². The Hall–Kier alpha value is -2.01. The third-order valence-electron chi connectivity index (χ3n) is 3.33. The van der Waals surface area contributed by atoms with Gasteiger partial charge in [-0.25, -0.2) is 10.5 Å². The lowest BCUT2D eigenvalue weighted by atomic mass is 10.2. The molecule has 1 aliphatic heterocycles. The molecule has 2 aromatic rings. The van der Waals surface area contributed by atoms with Crippen LogP contribution in [0.3, 0.4) is 0 Å². The van der Waals surface area contributed by atoms with E-state index in [1.807, 2.05) is 0 Å². The van der Waals surface area contributed by atoms with E-state index < -0.39 is 18.4 Å². The molecule has 0 aromatic carbocycles. The van der Waals surface area contributed by atoms with Crippen LogP contribution in [0.2, 0.25) is 0 Å². The van der Waals surface area contributed by atoms with Crippen molar-refractivity contribution in [2.24, 2.45) is 0 Å². The number of nitrogens with zero attached hydrogens (tertiary/aromatic N) is 4. The molecular weight excluding hydrogens is 284 g/mol. The van der Waals surface area contributed by atoms with Crippen LogP contribution in [0.1, 0.15) is 12.6 Å². The first-order valence-corrected chi connectivity index (χ1v) is 6.37. The molecular formula is C11H16N6O4. The maximum Gasteiger partial charge on any atom is 0.224 e. The van der Waals surface area contributed by atoms with Gasteiger partial charge in [0.25, 0.3) is 0 Å². The summed E-state index contributed by atoms with van der Waals surface area (Å²) in [6, 6.07) is 0. The maximum atomic E-state index is 9.82. The minimum absolute atomic E-state index is 0.0565. The van der Waals surface area contributed by atoms with Crippen molar-refractivity contribution < 1.29 is 19.8 Å². The van der Waals surface area contributed by atoms with Crippen molar-refractivity contribution in [1.82, 2.24) is 19.5 Å². The van der Waals surface area contributed by atoms with Gasteiger partial charge in [-0.05, 0) is 0 Å².